The normalized spacial score (nSPS) is 21.7. The molecule has 6 nitrogen and oxygen atoms in total. The van der Waals surface area contributed by atoms with Gasteiger partial charge in [0.1, 0.15) is 17.8 Å². The second-order valence-corrected chi connectivity index (χ2v) is 9.46. The van der Waals surface area contributed by atoms with Crippen molar-refractivity contribution in [2.45, 2.75) is 65.5 Å². The molecule has 0 amide bonds. The molecule has 1 fully saturated rings. The number of hydrogen-bond acceptors (Lipinski definition) is 5. The quantitative estimate of drug-likeness (QED) is 0.314. The van der Waals surface area contributed by atoms with E-state index >= 15 is 0 Å². The van der Waals surface area contributed by atoms with Gasteiger partial charge in [-0.05, 0) is 49.1 Å². The summed E-state index contributed by atoms with van der Waals surface area (Å²) in [6.45, 7) is 8.57. The Bertz CT molecular complexity index is 926. The van der Waals surface area contributed by atoms with Crippen LogP contribution in [0.4, 0.5) is 11.4 Å². The van der Waals surface area contributed by atoms with Crippen molar-refractivity contribution < 1.29 is 14.5 Å². The van der Waals surface area contributed by atoms with Crippen LogP contribution in [0.3, 0.4) is 0 Å². The van der Waals surface area contributed by atoms with Gasteiger partial charge in [0.05, 0.1) is 4.92 Å². The summed E-state index contributed by atoms with van der Waals surface area (Å²) < 4.78 is 6.10. The molecule has 2 aromatic carbocycles. The van der Waals surface area contributed by atoms with Crippen LogP contribution in [0.1, 0.15) is 51.2 Å². The molecule has 1 saturated carbocycles. The van der Waals surface area contributed by atoms with Crippen LogP contribution in [0.25, 0.3) is 0 Å². The zero-order valence-corrected chi connectivity index (χ0v) is 19.4. The monoisotopic (exact) mass is 438 g/mol. The Balaban J connectivity index is 1.84. The van der Waals surface area contributed by atoms with Gasteiger partial charge in [-0.1, -0.05) is 69.2 Å². The summed E-state index contributed by atoms with van der Waals surface area (Å²) in [6, 6.07) is 13.7. The van der Waals surface area contributed by atoms with E-state index in [9.17, 15) is 14.9 Å². The third-order valence-electron chi connectivity index (χ3n) is 6.50. The Morgan fingerprint density at radius 3 is 2.50 bits per heavy atom. The van der Waals surface area contributed by atoms with E-state index in [4.69, 9.17) is 4.74 Å². The number of nitro benzene ring substituents is 1. The lowest BCUT2D eigenvalue weighted by Gasteiger charge is -2.37. The molecule has 0 bridgehead atoms. The number of benzene rings is 2. The zero-order valence-electron chi connectivity index (χ0n) is 19.4. The van der Waals surface area contributed by atoms with Crippen LogP contribution in [-0.2, 0) is 16.0 Å². The molecule has 1 N–H and O–H groups in total. The minimum Gasteiger partial charge on any atom is -0.461 e. The Hall–Kier alpha value is -2.89. The number of esters is 1. The standard InChI is InChI=1S/C26H34N2O4/c1-17(2)21-14-11-19(4)15-25(21)32-26(29)23(16-20-12-9-18(3)10-13-20)27-22-7-5-6-8-24(22)28(30)31/h5-10,12-13,17,19,21,23,25,27H,11,14-16H2,1-4H3/t19-,21?,23?,25-/m1/s1. The average Bonchev–Trinajstić information content (AvgIpc) is 2.74. The van der Waals surface area contributed by atoms with Crippen molar-refractivity contribution in [2.75, 3.05) is 5.32 Å². The van der Waals surface area contributed by atoms with Crippen molar-refractivity contribution in [3.05, 3.63) is 69.8 Å². The van der Waals surface area contributed by atoms with Gasteiger partial charge in [0.2, 0.25) is 0 Å². The summed E-state index contributed by atoms with van der Waals surface area (Å²) in [7, 11) is 0. The van der Waals surface area contributed by atoms with E-state index < -0.39 is 11.0 Å². The highest BCUT2D eigenvalue weighted by molar-refractivity contribution is 5.81. The topological polar surface area (TPSA) is 81.5 Å². The van der Waals surface area contributed by atoms with E-state index in [0.29, 0.717) is 29.9 Å². The highest BCUT2D eigenvalue weighted by Gasteiger charge is 2.35. The Morgan fingerprint density at radius 2 is 1.84 bits per heavy atom. The van der Waals surface area contributed by atoms with Gasteiger partial charge in [0.15, 0.2) is 0 Å². The summed E-state index contributed by atoms with van der Waals surface area (Å²) in [5.74, 6) is 0.926. The lowest BCUT2D eigenvalue weighted by Crippen LogP contribution is -2.41. The van der Waals surface area contributed by atoms with Crippen molar-refractivity contribution in [2.24, 2.45) is 17.8 Å². The zero-order chi connectivity index (χ0) is 23.3. The number of carbonyl (C=O) groups excluding carboxylic acids is 1. The SMILES string of the molecule is Cc1ccc(CC(Nc2ccccc2[N+](=O)[O-])C(=O)O[C@@H]2C[C@H](C)CCC2C(C)C)cc1. The van der Waals surface area contributed by atoms with Gasteiger partial charge in [-0.25, -0.2) is 4.79 Å². The van der Waals surface area contributed by atoms with Gasteiger partial charge in [0.25, 0.3) is 5.69 Å². The van der Waals surface area contributed by atoms with Gasteiger partial charge in [-0.15, -0.1) is 0 Å². The smallest absolute Gasteiger partial charge is 0.329 e. The summed E-state index contributed by atoms with van der Waals surface area (Å²) in [4.78, 5) is 24.4. The van der Waals surface area contributed by atoms with Crippen molar-refractivity contribution in [1.82, 2.24) is 0 Å². The predicted octanol–water partition coefficient (Wildman–Crippen LogP) is 5.93. The fraction of sp³-hybridized carbons (Fsp3) is 0.500. The fourth-order valence-corrected chi connectivity index (χ4v) is 4.58. The van der Waals surface area contributed by atoms with Crippen LogP contribution in [0.2, 0.25) is 0 Å². The first-order valence-electron chi connectivity index (χ1n) is 11.5. The molecule has 6 heteroatoms. The number of carbonyl (C=O) groups is 1. The molecule has 1 aliphatic carbocycles. The summed E-state index contributed by atoms with van der Waals surface area (Å²) >= 11 is 0. The molecule has 0 saturated heterocycles. The Morgan fingerprint density at radius 1 is 1.16 bits per heavy atom. The largest absolute Gasteiger partial charge is 0.461 e. The number of hydrogen-bond donors (Lipinski definition) is 1. The van der Waals surface area contributed by atoms with Crippen molar-refractivity contribution in [3.8, 4) is 0 Å². The molecular formula is C26H34N2O4. The van der Waals surface area contributed by atoms with Crippen LogP contribution < -0.4 is 5.32 Å². The summed E-state index contributed by atoms with van der Waals surface area (Å²) in [5.41, 5.74) is 2.38. The van der Waals surface area contributed by atoms with Crippen molar-refractivity contribution in [1.29, 1.82) is 0 Å². The first kappa shape index (κ1) is 23.8. The number of para-hydroxylation sites is 2. The third-order valence-corrected chi connectivity index (χ3v) is 6.50. The van der Waals surface area contributed by atoms with E-state index in [1.807, 2.05) is 31.2 Å². The molecule has 0 spiro atoms. The Labute approximate surface area is 190 Å². The van der Waals surface area contributed by atoms with Gasteiger partial charge >= 0.3 is 5.97 Å². The number of nitro groups is 1. The lowest BCUT2D eigenvalue weighted by atomic mass is 9.75. The maximum absolute atomic E-state index is 13.4. The van der Waals surface area contributed by atoms with Gasteiger partial charge < -0.3 is 10.1 Å². The molecule has 2 aromatic rings. The van der Waals surface area contributed by atoms with Gasteiger partial charge in [-0.2, -0.15) is 0 Å². The molecular weight excluding hydrogens is 404 g/mol. The van der Waals surface area contributed by atoms with Gasteiger partial charge in [-0.3, -0.25) is 10.1 Å². The van der Waals surface area contributed by atoms with Crippen molar-refractivity contribution in [3.63, 3.8) is 0 Å². The maximum Gasteiger partial charge on any atom is 0.329 e. The first-order chi connectivity index (χ1) is 15.2. The highest BCUT2D eigenvalue weighted by atomic mass is 16.6. The van der Waals surface area contributed by atoms with Gasteiger partial charge in [0, 0.05) is 12.5 Å². The van der Waals surface area contributed by atoms with E-state index in [-0.39, 0.29) is 17.8 Å². The number of aryl methyl sites for hydroxylation is 1. The molecule has 0 radical (unpaired) electrons. The fourth-order valence-electron chi connectivity index (χ4n) is 4.58. The van der Waals surface area contributed by atoms with Crippen molar-refractivity contribution >= 4 is 17.3 Å². The summed E-state index contributed by atoms with van der Waals surface area (Å²) in [6.07, 6.45) is 3.33. The maximum atomic E-state index is 13.4. The van der Waals surface area contributed by atoms with Crippen LogP contribution in [-0.4, -0.2) is 23.0 Å². The first-order valence-corrected chi connectivity index (χ1v) is 11.5. The lowest BCUT2D eigenvalue weighted by molar-refractivity contribution is -0.384. The molecule has 0 heterocycles. The number of ether oxygens (including phenoxy) is 1. The average molecular weight is 439 g/mol. The number of nitrogens with one attached hydrogen (secondary N) is 1. The minimum absolute atomic E-state index is 0.0550. The molecule has 0 aliphatic heterocycles. The molecule has 3 rings (SSSR count). The van der Waals surface area contributed by atoms with Crippen LogP contribution in [0.15, 0.2) is 48.5 Å². The third kappa shape index (κ3) is 6.09. The second-order valence-electron chi connectivity index (χ2n) is 9.46. The molecule has 2 unspecified atom stereocenters. The highest BCUT2D eigenvalue weighted by Crippen LogP contribution is 2.36. The van der Waals surface area contributed by atoms with Crippen LogP contribution >= 0.6 is 0 Å². The van der Waals surface area contributed by atoms with E-state index in [1.165, 1.54) is 6.07 Å². The van der Waals surface area contributed by atoms with Crippen LogP contribution in [0.5, 0.6) is 0 Å². The van der Waals surface area contributed by atoms with E-state index in [2.05, 4.69) is 26.1 Å². The number of rotatable bonds is 8. The van der Waals surface area contributed by atoms with E-state index in [0.717, 1.165) is 30.4 Å². The summed E-state index contributed by atoms with van der Waals surface area (Å²) in [5, 5.41) is 14.6. The number of nitrogens with zero attached hydrogens (tertiary/aromatic N) is 1. The minimum atomic E-state index is -0.719. The molecule has 0 aromatic heterocycles. The number of anilines is 1. The molecule has 1 aliphatic rings. The second kappa shape index (κ2) is 10.6. The molecule has 4 atom stereocenters. The Kier molecular flexibility index (Phi) is 7.89. The van der Waals surface area contributed by atoms with Crippen LogP contribution in [0, 0.1) is 34.8 Å². The predicted molar refractivity (Wildman–Crippen MR) is 127 cm³/mol. The molecule has 32 heavy (non-hydrogen) atoms. The van der Waals surface area contributed by atoms with E-state index in [1.54, 1.807) is 18.2 Å². The molecule has 172 valence electrons.